The van der Waals surface area contributed by atoms with Gasteiger partial charge in [-0.25, -0.2) is 5.01 Å². The smallest absolute Gasteiger partial charge is 0.231 e. The molecule has 0 saturated carbocycles. The van der Waals surface area contributed by atoms with Gasteiger partial charge >= 0.3 is 0 Å². The third-order valence-electron chi connectivity index (χ3n) is 2.43. The highest BCUT2D eigenvalue weighted by molar-refractivity contribution is 5.46. The van der Waals surface area contributed by atoms with E-state index >= 15 is 0 Å². The summed E-state index contributed by atoms with van der Waals surface area (Å²) >= 11 is 0. The van der Waals surface area contributed by atoms with Crippen LogP contribution < -0.4 is 15.3 Å². The molecule has 2 atom stereocenters. The Balaban J connectivity index is 1.96. The summed E-state index contributed by atoms with van der Waals surface area (Å²) in [5.74, 6) is 7.26. The molecule has 3 rings (SSSR count). The fraction of sp³-hybridized carbons (Fsp3) is 0.333. The quantitative estimate of drug-likeness (QED) is 0.506. The zero-order valence-corrected chi connectivity index (χ0v) is 7.06. The Morgan fingerprint density at radius 3 is 2.85 bits per heavy atom. The first-order chi connectivity index (χ1) is 6.34. The van der Waals surface area contributed by atoms with Crippen molar-refractivity contribution in [3.63, 3.8) is 0 Å². The van der Waals surface area contributed by atoms with E-state index in [9.17, 15) is 0 Å². The van der Waals surface area contributed by atoms with E-state index in [1.165, 1.54) is 5.56 Å². The van der Waals surface area contributed by atoms with Crippen molar-refractivity contribution in [1.29, 1.82) is 0 Å². The Kier molecular flexibility index (Phi) is 1.31. The fourth-order valence-electron chi connectivity index (χ4n) is 1.57. The van der Waals surface area contributed by atoms with E-state index in [1.54, 1.807) is 5.01 Å². The van der Waals surface area contributed by atoms with Crippen LogP contribution in [0.4, 0.5) is 0 Å². The van der Waals surface area contributed by atoms with Crippen LogP contribution in [0.25, 0.3) is 0 Å². The largest absolute Gasteiger partial charge is 0.454 e. The van der Waals surface area contributed by atoms with Gasteiger partial charge in [0, 0.05) is 6.54 Å². The minimum absolute atomic E-state index is 0.329. The molecular weight excluding hydrogens is 168 g/mol. The monoisotopic (exact) mass is 178 g/mol. The number of ether oxygens (including phenoxy) is 2. The second-order valence-corrected chi connectivity index (χ2v) is 3.33. The van der Waals surface area contributed by atoms with Gasteiger partial charge in [0.2, 0.25) is 6.79 Å². The van der Waals surface area contributed by atoms with Gasteiger partial charge < -0.3 is 9.47 Å². The van der Waals surface area contributed by atoms with E-state index in [1.807, 2.05) is 18.2 Å². The maximum Gasteiger partial charge on any atom is 0.231 e. The molecule has 1 aromatic carbocycles. The lowest BCUT2D eigenvalue weighted by Gasteiger charge is -2.00. The summed E-state index contributed by atoms with van der Waals surface area (Å²) in [5, 5.41) is 1.79. The van der Waals surface area contributed by atoms with E-state index in [-0.39, 0.29) is 0 Å². The number of hydrogen-bond acceptors (Lipinski definition) is 4. The zero-order valence-electron chi connectivity index (χ0n) is 7.06. The minimum Gasteiger partial charge on any atom is -0.454 e. The van der Waals surface area contributed by atoms with Gasteiger partial charge in [-0.05, 0) is 17.7 Å². The van der Waals surface area contributed by atoms with Gasteiger partial charge in [-0.2, -0.15) is 0 Å². The molecule has 2 heterocycles. The Morgan fingerprint density at radius 2 is 2.08 bits per heavy atom. The van der Waals surface area contributed by atoms with E-state index < -0.39 is 0 Å². The van der Waals surface area contributed by atoms with E-state index in [0.717, 1.165) is 18.0 Å². The molecule has 4 nitrogen and oxygen atoms in total. The summed E-state index contributed by atoms with van der Waals surface area (Å²) in [7, 11) is 0. The Labute approximate surface area is 75.8 Å². The van der Waals surface area contributed by atoms with Gasteiger partial charge in [-0.15, -0.1) is 0 Å². The number of hydrogen-bond donors (Lipinski definition) is 1. The van der Waals surface area contributed by atoms with Crippen molar-refractivity contribution in [2.45, 2.75) is 6.04 Å². The van der Waals surface area contributed by atoms with Gasteiger partial charge in [0.05, 0.1) is 6.04 Å². The van der Waals surface area contributed by atoms with Crippen LogP contribution in [0, 0.1) is 0 Å². The lowest BCUT2D eigenvalue weighted by Crippen LogP contribution is -2.05. The standard InChI is InChI=1S/C9H10N2O2/c10-11-4-7(11)6-1-2-8-9(3-6)13-5-12-8/h1-3,7H,4-5,10H2. The Morgan fingerprint density at radius 1 is 1.31 bits per heavy atom. The van der Waals surface area contributed by atoms with Gasteiger partial charge in [-0.3, -0.25) is 5.84 Å². The predicted octanol–water partition coefficient (Wildman–Crippen LogP) is 0.646. The first-order valence-electron chi connectivity index (χ1n) is 4.25. The second kappa shape index (κ2) is 2.37. The molecule has 2 aliphatic rings. The van der Waals surface area contributed by atoms with Crippen molar-refractivity contribution in [3.8, 4) is 11.5 Å². The third-order valence-corrected chi connectivity index (χ3v) is 2.43. The lowest BCUT2D eigenvalue weighted by molar-refractivity contribution is 0.174. The molecule has 68 valence electrons. The van der Waals surface area contributed by atoms with Crippen LogP contribution in [0.5, 0.6) is 11.5 Å². The molecule has 13 heavy (non-hydrogen) atoms. The highest BCUT2D eigenvalue weighted by Gasteiger charge is 2.33. The van der Waals surface area contributed by atoms with Crippen LogP contribution in [-0.4, -0.2) is 18.3 Å². The Hall–Kier alpha value is -1.26. The molecule has 1 saturated heterocycles. The Bertz CT molecular complexity index is 353. The van der Waals surface area contributed by atoms with Crippen LogP contribution in [0.15, 0.2) is 18.2 Å². The third kappa shape index (κ3) is 1.07. The first kappa shape index (κ1) is 7.17. The SMILES string of the molecule is NN1CC1c1ccc2c(c1)OCO2. The molecule has 1 fully saturated rings. The summed E-state index contributed by atoms with van der Waals surface area (Å²) in [6.45, 7) is 1.26. The van der Waals surface area contributed by atoms with Crippen LogP contribution in [0.1, 0.15) is 11.6 Å². The van der Waals surface area contributed by atoms with Crippen molar-refractivity contribution >= 4 is 0 Å². The lowest BCUT2D eigenvalue weighted by atomic mass is 10.1. The maximum absolute atomic E-state index is 5.60. The number of hydrazine groups is 1. The normalized spacial score (nSPS) is 29.0. The number of benzene rings is 1. The highest BCUT2D eigenvalue weighted by Crippen LogP contribution is 2.38. The summed E-state index contributed by atoms with van der Waals surface area (Å²) in [6.07, 6.45) is 0. The summed E-state index contributed by atoms with van der Waals surface area (Å²) in [5.41, 5.74) is 1.20. The number of rotatable bonds is 1. The summed E-state index contributed by atoms with van der Waals surface area (Å²) in [4.78, 5) is 0. The van der Waals surface area contributed by atoms with Gasteiger partial charge in [0.25, 0.3) is 0 Å². The molecule has 0 radical (unpaired) electrons. The molecule has 0 aromatic heterocycles. The summed E-state index contributed by atoms with van der Waals surface area (Å²) < 4.78 is 10.5. The number of fused-ring (bicyclic) bond motifs is 1. The number of nitrogens with zero attached hydrogens (tertiary/aromatic N) is 1. The van der Waals surface area contributed by atoms with Gasteiger partial charge in [0.1, 0.15) is 0 Å². The van der Waals surface area contributed by atoms with E-state index in [2.05, 4.69) is 0 Å². The molecule has 1 aromatic rings. The first-order valence-corrected chi connectivity index (χ1v) is 4.25. The average Bonchev–Trinajstić information content (AvgIpc) is 2.70. The maximum atomic E-state index is 5.60. The molecule has 0 bridgehead atoms. The fourth-order valence-corrected chi connectivity index (χ4v) is 1.57. The van der Waals surface area contributed by atoms with Crippen LogP contribution in [-0.2, 0) is 0 Å². The molecular formula is C9H10N2O2. The topological polar surface area (TPSA) is 47.5 Å². The van der Waals surface area contributed by atoms with Crippen molar-refractivity contribution in [1.82, 2.24) is 5.01 Å². The minimum atomic E-state index is 0.329. The van der Waals surface area contributed by atoms with Crippen LogP contribution in [0.2, 0.25) is 0 Å². The molecule has 2 N–H and O–H groups in total. The molecule has 0 aliphatic carbocycles. The second-order valence-electron chi connectivity index (χ2n) is 3.33. The molecule has 4 heteroatoms. The van der Waals surface area contributed by atoms with Gasteiger partial charge in [0.15, 0.2) is 11.5 Å². The number of nitrogens with two attached hydrogens (primary N) is 1. The molecule has 0 spiro atoms. The van der Waals surface area contributed by atoms with E-state index in [4.69, 9.17) is 15.3 Å². The van der Waals surface area contributed by atoms with Crippen LogP contribution >= 0.6 is 0 Å². The van der Waals surface area contributed by atoms with Crippen molar-refractivity contribution < 1.29 is 9.47 Å². The molecule has 0 amide bonds. The van der Waals surface area contributed by atoms with Crippen LogP contribution in [0.3, 0.4) is 0 Å². The molecule has 2 unspecified atom stereocenters. The van der Waals surface area contributed by atoms with Crippen molar-refractivity contribution in [2.75, 3.05) is 13.3 Å². The highest BCUT2D eigenvalue weighted by atomic mass is 16.7. The van der Waals surface area contributed by atoms with Crippen molar-refractivity contribution in [3.05, 3.63) is 23.8 Å². The predicted molar refractivity (Wildman–Crippen MR) is 46.2 cm³/mol. The van der Waals surface area contributed by atoms with Crippen molar-refractivity contribution in [2.24, 2.45) is 5.84 Å². The average molecular weight is 178 g/mol. The van der Waals surface area contributed by atoms with Gasteiger partial charge in [-0.1, -0.05) is 6.07 Å². The van der Waals surface area contributed by atoms with E-state index in [0.29, 0.717) is 12.8 Å². The molecule has 2 aliphatic heterocycles. The summed E-state index contributed by atoms with van der Waals surface area (Å²) in [6, 6.07) is 6.34. The zero-order chi connectivity index (χ0) is 8.84.